The average Bonchev–Trinajstić information content (AvgIpc) is 2.49. The van der Waals surface area contributed by atoms with E-state index < -0.39 is 5.41 Å². The van der Waals surface area contributed by atoms with E-state index in [0.29, 0.717) is 15.2 Å². The van der Waals surface area contributed by atoms with Crippen LogP contribution >= 0.6 is 11.6 Å². The van der Waals surface area contributed by atoms with Crippen LogP contribution in [0.25, 0.3) is 0 Å². The summed E-state index contributed by atoms with van der Waals surface area (Å²) in [7, 11) is 0. The Balaban J connectivity index is 2.30. The fourth-order valence-electron chi connectivity index (χ4n) is 1.82. The quantitative estimate of drug-likeness (QED) is 0.448. The number of benzene rings is 2. The van der Waals surface area contributed by atoms with Crippen molar-refractivity contribution >= 4 is 43.7 Å². The molecule has 0 atom stereocenters. The molecule has 0 heterocycles. The van der Waals surface area contributed by atoms with E-state index in [1.165, 1.54) is 0 Å². The van der Waals surface area contributed by atoms with E-state index in [1.807, 2.05) is 56.3 Å². The molecule has 2 rings (SSSR count). The van der Waals surface area contributed by atoms with Crippen LogP contribution in [-0.4, -0.2) is 26.4 Å². The molecule has 0 N–H and O–H groups in total. The molecule has 0 spiro atoms. The maximum atomic E-state index is 12.6. The second-order valence-corrected chi connectivity index (χ2v) is 6.46. The Morgan fingerprint density at radius 2 is 1.62 bits per heavy atom. The summed E-state index contributed by atoms with van der Waals surface area (Å²) in [5, 5.41) is 0.662. The molecule has 0 aliphatic rings. The normalized spacial score (nSPS) is 12.2. The van der Waals surface area contributed by atoms with Gasteiger partial charge in [-0.2, -0.15) is 0 Å². The Bertz CT molecular complexity index is 663. The van der Waals surface area contributed by atoms with Crippen LogP contribution in [0, 0.1) is 5.41 Å². The standard InChI is InChI=1S/C17H15ClNOSe/c1-17(2,15(20)12-6-4-3-5-7-12)16(21)19-14-10-8-13(18)9-11-14/h3-11H,1-2H3. The summed E-state index contributed by atoms with van der Waals surface area (Å²) in [5.74, 6) is 0.0366. The monoisotopic (exact) mass is 364 g/mol. The zero-order chi connectivity index (χ0) is 15.5. The van der Waals surface area contributed by atoms with Crippen LogP contribution in [0.1, 0.15) is 24.2 Å². The van der Waals surface area contributed by atoms with Crippen LogP contribution in [0.15, 0.2) is 59.6 Å². The molecule has 0 aromatic heterocycles. The van der Waals surface area contributed by atoms with Gasteiger partial charge in [0.2, 0.25) is 0 Å². The third-order valence-electron chi connectivity index (χ3n) is 3.20. The van der Waals surface area contributed by atoms with Gasteiger partial charge in [-0.05, 0) is 0 Å². The maximum absolute atomic E-state index is 12.6. The number of Topliss-reactive ketones (excluding diaryl/α,β-unsaturated/α-hetero) is 1. The van der Waals surface area contributed by atoms with Crippen molar-refractivity contribution in [3.8, 4) is 0 Å². The predicted molar refractivity (Wildman–Crippen MR) is 88.9 cm³/mol. The molecular weight excluding hydrogens is 349 g/mol. The number of nitrogens with zero attached hydrogens (tertiary/aromatic N) is 1. The van der Waals surface area contributed by atoms with Crippen LogP contribution in [0.4, 0.5) is 5.69 Å². The van der Waals surface area contributed by atoms with Crippen molar-refractivity contribution in [3.05, 3.63) is 65.2 Å². The average molecular weight is 364 g/mol. The Morgan fingerprint density at radius 3 is 2.19 bits per heavy atom. The molecule has 4 heteroatoms. The second kappa shape index (κ2) is 6.57. The van der Waals surface area contributed by atoms with Crippen LogP contribution in [0.2, 0.25) is 5.02 Å². The van der Waals surface area contributed by atoms with Crippen LogP contribution in [0.5, 0.6) is 0 Å². The zero-order valence-corrected chi connectivity index (χ0v) is 14.3. The van der Waals surface area contributed by atoms with Gasteiger partial charge in [-0.1, -0.05) is 0 Å². The van der Waals surface area contributed by atoms with Gasteiger partial charge in [-0.15, -0.1) is 0 Å². The van der Waals surface area contributed by atoms with E-state index >= 15 is 0 Å². The molecule has 21 heavy (non-hydrogen) atoms. The van der Waals surface area contributed by atoms with Crippen molar-refractivity contribution in [2.45, 2.75) is 13.8 Å². The van der Waals surface area contributed by atoms with Crippen molar-refractivity contribution in [1.82, 2.24) is 0 Å². The first kappa shape index (κ1) is 16.0. The predicted octanol–water partition coefficient (Wildman–Crippen LogP) is 4.45. The number of hydrogen-bond acceptors (Lipinski definition) is 2. The Morgan fingerprint density at radius 1 is 1.05 bits per heavy atom. The first-order valence-corrected chi connectivity index (χ1v) is 7.76. The van der Waals surface area contributed by atoms with Crippen LogP contribution < -0.4 is 0 Å². The van der Waals surface area contributed by atoms with Gasteiger partial charge in [0, 0.05) is 0 Å². The molecule has 2 aromatic rings. The zero-order valence-electron chi connectivity index (χ0n) is 11.8. The van der Waals surface area contributed by atoms with Crippen molar-refractivity contribution in [2.75, 3.05) is 0 Å². The molecule has 1 radical (unpaired) electrons. The number of rotatable bonds is 4. The molecule has 0 saturated heterocycles. The molecule has 0 fully saturated rings. The van der Waals surface area contributed by atoms with Gasteiger partial charge in [0.25, 0.3) is 0 Å². The molecule has 0 bridgehead atoms. The summed E-state index contributed by atoms with van der Waals surface area (Å²) in [6.07, 6.45) is 0. The van der Waals surface area contributed by atoms with Gasteiger partial charge in [0.15, 0.2) is 0 Å². The van der Waals surface area contributed by atoms with Crippen molar-refractivity contribution in [1.29, 1.82) is 0 Å². The molecule has 0 aliphatic heterocycles. The third kappa shape index (κ3) is 3.82. The van der Waals surface area contributed by atoms with E-state index in [0.717, 1.165) is 5.69 Å². The Hall–Kier alpha value is -1.41. The number of ketones is 1. The van der Waals surface area contributed by atoms with E-state index in [4.69, 9.17) is 11.6 Å². The summed E-state index contributed by atoms with van der Waals surface area (Å²) in [6, 6.07) is 16.5. The van der Waals surface area contributed by atoms with Gasteiger partial charge >= 0.3 is 138 Å². The molecule has 0 unspecified atom stereocenters. The van der Waals surface area contributed by atoms with Crippen LogP contribution in [0.3, 0.4) is 0 Å². The second-order valence-electron chi connectivity index (χ2n) is 5.21. The number of carbonyl (C=O) groups excluding carboxylic acids is 1. The minimum absolute atomic E-state index is 0.0366. The summed E-state index contributed by atoms with van der Waals surface area (Å²) in [5.41, 5.74) is 0.740. The number of halogens is 1. The number of aliphatic imine (C=N–C) groups is 1. The van der Waals surface area contributed by atoms with Gasteiger partial charge in [-0.3, -0.25) is 0 Å². The third-order valence-corrected chi connectivity index (χ3v) is 4.71. The van der Waals surface area contributed by atoms with E-state index in [-0.39, 0.29) is 5.78 Å². The SMILES string of the molecule is CC(C)(C(=O)c1ccccc1)C([Se])=Nc1ccc(Cl)cc1. The number of carbonyl (C=O) groups is 1. The summed E-state index contributed by atoms with van der Waals surface area (Å²) >= 11 is 8.79. The Labute approximate surface area is 138 Å². The number of hydrogen-bond donors (Lipinski definition) is 0. The molecule has 0 aliphatic carbocycles. The van der Waals surface area contributed by atoms with Gasteiger partial charge in [-0.25, -0.2) is 0 Å². The first-order valence-electron chi connectivity index (χ1n) is 6.53. The molecule has 2 aromatic carbocycles. The minimum atomic E-state index is -0.707. The summed E-state index contributed by atoms with van der Waals surface area (Å²) in [6.45, 7) is 3.74. The van der Waals surface area contributed by atoms with E-state index in [1.54, 1.807) is 12.1 Å². The van der Waals surface area contributed by atoms with E-state index in [2.05, 4.69) is 21.0 Å². The van der Waals surface area contributed by atoms with Crippen molar-refractivity contribution < 1.29 is 4.79 Å². The summed E-state index contributed by atoms with van der Waals surface area (Å²) < 4.78 is 0.652. The Kier molecular flexibility index (Phi) is 5.00. The van der Waals surface area contributed by atoms with Crippen LogP contribution in [-0.2, 0) is 0 Å². The first-order chi connectivity index (χ1) is 9.91. The van der Waals surface area contributed by atoms with Gasteiger partial charge in [0.05, 0.1) is 0 Å². The van der Waals surface area contributed by atoms with Gasteiger partial charge in [0.1, 0.15) is 0 Å². The van der Waals surface area contributed by atoms with E-state index in [9.17, 15) is 4.79 Å². The van der Waals surface area contributed by atoms with Crippen molar-refractivity contribution in [3.63, 3.8) is 0 Å². The molecule has 0 amide bonds. The topological polar surface area (TPSA) is 29.4 Å². The summed E-state index contributed by atoms with van der Waals surface area (Å²) in [4.78, 5) is 17.1. The van der Waals surface area contributed by atoms with Gasteiger partial charge < -0.3 is 0 Å². The molecule has 2 nitrogen and oxygen atoms in total. The molecular formula is C17H15ClNOSe. The molecule has 107 valence electrons. The van der Waals surface area contributed by atoms with Crippen molar-refractivity contribution in [2.24, 2.45) is 10.4 Å². The fourth-order valence-corrected chi connectivity index (χ4v) is 2.36. The molecule has 0 saturated carbocycles. The fraction of sp³-hybridized carbons (Fsp3) is 0.176.